The van der Waals surface area contributed by atoms with Crippen molar-refractivity contribution < 1.29 is 47.3 Å². The molecule has 15 aromatic rings. The van der Waals surface area contributed by atoms with Crippen LogP contribution in [0, 0.1) is 13.8 Å². The maximum absolute atomic E-state index is 12.9. The zero-order valence-electron chi connectivity index (χ0n) is 58.4. The van der Waals surface area contributed by atoms with Gasteiger partial charge in [0.1, 0.15) is 28.0 Å². The number of nitrogens with two attached hydrogens (primary N) is 1. The van der Waals surface area contributed by atoms with Crippen LogP contribution < -0.4 is 46.9 Å². The number of carbonyl (C=O) groups is 3. The summed E-state index contributed by atoms with van der Waals surface area (Å²) in [5.74, 6) is 2.94. The summed E-state index contributed by atoms with van der Waals surface area (Å²) in [5, 5.41) is 26.8. The van der Waals surface area contributed by atoms with Crippen LogP contribution in [-0.2, 0) is 24.2 Å². The van der Waals surface area contributed by atoms with Crippen molar-refractivity contribution in [3.8, 4) is 80.3 Å². The first-order valence-electron chi connectivity index (χ1n) is 32.3. The minimum Gasteiger partial charge on any atom is -0.481 e. The zero-order chi connectivity index (χ0) is 75.7. The number of methoxy groups -OCH3 is 3. The molecule has 28 nitrogen and oxygen atoms in total. The Morgan fingerprint density at radius 1 is 0.538 bits per heavy atom. The predicted octanol–water partition coefficient (Wildman–Crippen LogP) is 11.3. The van der Waals surface area contributed by atoms with Crippen LogP contribution in [0.4, 0.5) is 0 Å². The Balaban J connectivity index is 0.000000143. The Hall–Kier alpha value is -12.7. The first kappa shape index (κ1) is 68.5. The van der Waals surface area contributed by atoms with E-state index in [1.54, 1.807) is 37.3 Å². The Kier molecular flexibility index (Phi) is 21.9. The summed E-state index contributed by atoms with van der Waals surface area (Å²) in [5.41, 5.74) is 11.4. The van der Waals surface area contributed by atoms with Crippen LogP contribution in [-0.4, -0.2) is 113 Å². The lowest BCUT2D eigenvalue weighted by molar-refractivity contribution is -0.120. The number of carboxylic acid groups (broad SMARTS) is 1. The molecule has 0 fully saturated rings. The number of aromatic nitrogens is 13. The summed E-state index contributed by atoms with van der Waals surface area (Å²) in [4.78, 5) is 104. The molecule has 0 aliphatic carbocycles. The molecule has 15 rings (SSSR count). The maximum Gasteiger partial charge on any atom is 0.358 e. The van der Waals surface area contributed by atoms with E-state index in [4.69, 9.17) is 42.6 Å². The number of benzene rings is 7. The van der Waals surface area contributed by atoms with Gasteiger partial charge in [-0.2, -0.15) is 24.7 Å². The molecule has 0 radical (unpaired) electrons. The number of ketones is 1. The first-order valence-corrected chi connectivity index (χ1v) is 33.4. The van der Waals surface area contributed by atoms with Crippen molar-refractivity contribution in [3.63, 3.8) is 0 Å². The average Bonchev–Trinajstić information content (AvgIpc) is 1.70. The van der Waals surface area contributed by atoms with Gasteiger partial charge >= 0.3 is 5.97 Å². The molecule has 8 heterocycles. The van der Waals surface area contributed by atoms with Gasteiger partial charge in [0.05, 0.1) is 68.7 Å². The monoisotopic (exact) mass is 1480 g/mol. The number of rotatable bonds is 18. The summed E-state index contributed by atoms with van der Waals surface area (Å²) >= 11 is 4.36. The average molecular weight is 1480 g/mol. The summed E-state index contributed by atoms with van der Waals surface area (Å²) in [6.07, 6.45) is 0.614. The van der Waals surface area contributed by atoms with Gasteiger partial charge in [0, 0.05) is 11.1 Å². The van der Waals surface area contributed by atoms with Gasteiger partial charge in [-0.05, 0) is 89.2 Å². The number of hydrazine groups is 1. The van der Waals surface area contributed by atoms with E-state index < -0.39 is 38.3 Å². The zero-order valence-corrected chi connectivity index (χ0v) is 58.8. The molecule has 8 aromatic heterocycles. The summed E-state index contributed by atoms with van der Waals surface area (Å²) in [6, 6.07) is 57.5. The molecule has 104 heavy (non-hydrogen) atoms. The molecule has 32 heteroatoms. The number of nitrogens with zero attached hydrogens (tertiary/aromatic N) is 10. The molecular formula is C72H60N15O13PS3. The van der Waals surface area contributed by atoms with Crippen LogP contribution >= 0.6 is 43.7 Å². The number of ether oxygens (including phenoxy) is 4. The molecule has 7 aromatic carbocycles. The van der Waals surface area contributed by atoms with Crippen LogP contribution in [0.2, 0.25) is 0 Å². The van der Waals surface area contributed by atoms with E-state index in [2.05, 4.69) is 113 Å². The third-order valence-electron chi connectivity index (χ3n) is 15.2. The molecule has 524 valence electrons. The van der Waals surface area contributed by atoms with E-state index in [9.17, 15) is 28.8 Å². The van der Waals surface area contributed by atoms with Gasteiger partial charge in [0.2, 0.25) is 23.2 Å². The van der Waals surface area contributed by atoms with Crippen molar-refractivity contribution in [2.24, 2.45) is 5.84 Å². The van der Waals surface area contributed by atoms with Crippen molar-refractivity contribution in [3.05, 3.63) is 256 Å². The number of fused-ring (bicyclic) bond motifs is 3. The van der Waals surface area contributed by atoms with Crippen molar-refractivity contribution in [2.45, 2.75) is 33.3 Å². The number of carboxylic acids is 1. The van der Waals surface area contributed by atoms with Crippen LogP contribution in [0.15, 0.2) is 199 Å². The maximum atomic E-state index is 12.9. The Labute approximate surface area is 607 Å². The molecule has 1 amide bonds. The molecule has 0 aliphatic heterocycles. The highest BCUT2D eigenvalue weighted by atomic mass is 32.1. The second-order valence-corrected chi connectivity index (χ2v) is 25.2. The number of aromatic carboxylic acids is 1. The van der Waals surface area contributed by atoms with Crippen LogP contribution in [0.5, 0.6) is 23.8 Å². The number of H-pyrrole nitrogens is 3. The van der Waals surface area contributed by atoms with Crippen LogP contribution in [0.25, 0.3) is 87.2 Å². The van der Waals surface area contributed by atoms with Gasteiger partial charge in [-0.1, -0.05) is 140 Å². The van der Waals surface area contributed by atoms with E-state index >= 15 is 0 Å². The van der Waals surface area contributed by atoms with E-state index in [0.717, 1.165) is 68.5 Å². The standard InChI is InChI=1S/C22H15N5O4S.C22H17N5O3S.C15H13N3OS.C13H12N2O5.H3P/c1-11-16(24-22(30-2)25-18(11)29)19-26-27-20(31-19)17(28)21-23-14-9-8-13(10-15(14)32-21)12-6-4-3-5-7-12;1-12-19(24-22(29-2)25-20(12)28)21-27-26-17(30-21)11-18-23-15-9-8-14(10-16(15)31-18)13-6-4-3-5-7-13;16-18-14(19)9-15-17-12-7-6-11(8-13(12)20-15)10-4-2-1-3-5-10;1-19-13-14-9(12(17)18)10(11(16)15-13)20-7-8-5-3-2-4-6-8;/h3-10H,1-2H3,(H,24,25,29);3-10H,11H2,1-2H3,(H,24,25,28);1-8H,9,16H2,(H,18,19);2-6H,7H2,1H3,(H,17,18)(H,14,15,16);1H3/i;;;;1T3. The summed E-state index contributed by atoms with van der Waals surface area (Å²) in [6.45, 7) is 3.27. The molecule has 0 saturated heterocycles. The molecule has 0 aliphatic rings. The van der Waals surface area contributed by atoms with Crippen molar-refractivity contribution in [2.75, 3.05) is 21.3 Å². The van der Waals surface area contributed by atoms with Crippen molar-refractivity contribution in [1.29, 1.82) is 3.84 Å². The topological polar surface area (TPSA) is 400 Å². The number of thiazole rings is 3. The highest BCUT2D eigenvalue weighted by Crippen LogP contribution is 2.33. The van der Waals surface area contributed by atoms with E-state index in [0.29, 0.717) is 29.1 Å². The van der Waals surface area contributed by atoms with E-state index in [1.165, 1.54) is 49.6 Å². The van der Waals surface area contributed by atoms with Crippen molar-refractivity contribution >= 4 is 92.1 Å². The largest absolute Gasteiger partial charge is 0.481 e. The van der Waals surface area contributed by atoms with Crippen LogP contribution in [0.3, 0.4) is 0 Å². The number of nitrogens with one attached hydrogen (secondary N) is 4. The van der Waals surface area contributed by atoms with Gasteiger partial charge in [0.25, 0.3) is 58.2 Å². The minimum atomic E-state index is -1.87. The van der Waals surface area contributed by atoms with Gasteiger partial charge in [-0.15, -0.1) is 54.4 Å². The fourth-order valence-electron chi connectivity index (χ4n) is 9.97. The quantitative estimate of drug-likeness (QED) is 0.0153. The highest BCUT2D eigenvalue weighted by molar-refractivity contribution is 7.20. The number of aromatic amines is 3. The first-order chi connectivity index (χ1) is 51.7. The van der Waals surface area contributed by atoms with Crippen molar-refractivity contribution in [1.82, 2.24) is 70.7 Å². The molecular weight excluding hydrogens is 1410 g/mol. The van der Waals surface area contributed by atoms with E-state index in [1.807, 2.05) is 121 Å². The normalized spacial score (nSPS) is 11.1. The molecule has 7 N–H and O–H groups in total. The number of hydrogen-bond donors (Lipinski definition) is 6. The molecule has 0 atom stereocenters. The lowest BCUT2D eigenvalue weighted by Crippen LogP contribution is -2.31. The number of carbonyl (C=O) groups excluding carboxylic acids is 2. The predicted molar refractivity (Wildman–Crippen MR) is 397 cm³/mol. The second-order valence-electron chi connectivity index (χ2n) is 22.0. The molecule has 0 saturated carbocycles. The SMILES string of the molecule is COc1nc(-c2nnc(C(=O)c3nc4ccc(-c5ccccc5)cc4s3)o2)c(C)c(=O)[nH]1.COc1nc(-c2nnc(Cc3nc4ccc(-c5ccccc5)cc4s3)o2)c(C)c(=O)[nH]1.COc1nc(C(=O)O)c(OCc2ccccc2)c(=O)[nH]1.NNC(=O)Cc1nc2ccc(-c3ccccc3)cc2s1.[3H]P([3H])[3H]. The van der Waals surface area contributed by atoms with Crippen LogP contribution in [0.1, 0.15) is 58.8 Å². The van der Waals surface area contributed by atoms with Gasteiger partial charge < -0.3 is 32.9 Å². The Bertz CT molecular complexity index is 5830. The second kappa shape index (κ2) is 33.2. The van der Waals surface area contributed by atoms with Gasteiger partial charge in [-0.25, -0.2) is 25.6 Å². The van der Waals surface area contributed by atoms with Gasteiger partial charge in [-0.3, -0.25) is 44.4 Å². The summed E-state index contributed by atoms with van der Waals surface area (Å²) < 4.78 is 52.3. The lowest BCUT2D eigenvalue weighted by atomic mass is 10.1. The molecule has 0 unspecified atom stereocenters. The smallest absolute Gasteiger partial charge is 0.358 e. The van der Waals surface area contributed by atoms with Gasteiger partial charge in [0.15, 0.2) is 5.01 Å². The molecule has 0 spiro atoms. The Morgan fingerprint density at radius 2 is 0.981 bits per heavy atom. The fraction of sp³-hybridized carbons (Fsp3) is 0.111. The third-order valence-corrected chi connectivity index (χ3v) is 18.2. The number of amides is 1. The minimum absolute atomic E-state index is 0.00192. The third kappa shape index (κ3) is 17.2. The highest BCUT2D eigenvalue weighted by Gasteiger charge is 2.25. The fourth-order valence-corrected chi connectivity index (χ4v) is 12.9. The lowest BCUT2D eigenvalue weighted by Gasteiger charge is -2.08. The number of hydrogen-bond acceptors (Lipinski definition) is 26. The Morgan fingerprint density at radius 3 is 1.48 bits per heavy atom. The summed E-state index contributed by atoms with van der Waals surface area (Å²) in [7, 11) is 2.20. The molecule has 0 bridgehead atoms. The van der Waals surface area contributed by atoms with E-state index in [-0.39, 0.29) is 82.2 Å².